The number of likely N-dealkylation sites (tertiary alicyclic amines) is 1. The number of piperidine rings is 1. The summed E-state index contributed by atoms with van der Waals surface area (Å²) in [5.41, 5.74) is 2.17. The van der Waals surface area contributed by atoms with E-state index in [-0.39, 0.29) is 5.91 Å². The molecule has 0 bridgehead atoms. The van der Waals surface area contributed by atoms with Gasteiger partial charge in [0.05, 0.1) is 0 Å². The quantitative estimate of drug-likeness (QED) is 0.870. The van der Waals surface area contributed by atoms with Crippen LogP contribution in [0.15, 0.2) is 36.8 Å². The molecule has 0 aliphatic carbocycles. The fourth-order valence-electron chi connectivity index (χ4n) is 3.10. The molecule has 1 amide bonds. The predicted octanol–water partition coefficient (Wildman–Crippen LogP) is 2.52. The standard InChI is InChI=1S/C18H22N4O/c1-14-20-10-8-17(21-14)16-5-3-11-22(13-16)18(23)7-6-15-4-2-9-19-12-15/h2,4,8-10,12,16H,3,5-7,11,13H2,1H3/t16-/m1/s1. The number of aromatic nitrogens is 3. The van der Waals surface area contributed by atoms with Crippen LogP contribution in [0.2, 0.25) is 0 Å². The third-order valence-corrected chi connectivity index (χ3v) is 4.34. The second kappa shape index (κ2) is 7.31. The Morgan fingerprint density at radius 1 is 1.35 bits per heavy atom. The first kappa shape index (κ1) is 15.6. The summed E-state index contributed by atoms with van der Waals surface area (Å²) in [6.07, 6.45) is 8.80. The molecule has 1 aliphatic heterocycles. The lowest BCUT2D eigenvalue weighted by Crippen LogP contribution is -2.39. The molecule has 5 nitrogen and oxygen atoms in total. The minimum atomic E-state index is 0.226. The van der Waals surface area contributed by atoms with Crippen LogP contribution in [0.25, 0.3) is 0 Å². The number of pyridine rings is 1. The van der Waals surface area contributed by atoms with E-state index in [2.05, 4.69) is 15.0 Å². The van der Waals surface area contributed by atoms with E-state index in [1.807, 2.05) is 36.2 Å². The predicted molar refractivity (Wildman–Crippen MR) is 87.9 cm³/mol. The van der Waals surface area contributed by atoms with E-state index in [0.717, 1.165) is 49.4 Å². The molecule has 3 heterocycles. The lowest BCUT2D eigenvalue weighted by Gasteiger charge is -2.32. The highest BCUT2D eigenvalue weighted by atomic mass is 16.2. The monoisotopic (exact) mass is 310 g/mol. The third kappa shape index (κ3) is 4.12. The molecule has 0 N–H and O–H groups in total. The van der Waals surface area contributed by atoms with Gasteiger partial charge >= 0.3 is 0 Å². The van der Waals surface area contributed by atoms with E-state index in [1.165, 1.54) is 0 Å². The van der Waals surface area contributed by atoms with Crippen LogP contribution in [0.3, 0.4) is 0 Å². The van der Waals surface area contributed by atoms with Crippen molar-refractivity contribution >= 4 is 5.91 Å². The Kier molecular flexibility index (Phi) is 4.95. The molecule has 1 saturated heterocycles. The van der Waals surface area contributed by atoms with Crippen LogP contribution in [-0.4, -0.2) is 38.8 Å². The molecule has 2 aromatic rings. The molecule has 1 atom stereocenters. The molecule has 0 aromatic carbocycles. The number of carbonyl (C=O) groups is 1. The Morgan fingerprint density at radius 3 is 3.04 bits per heavy atom. The van der Waals surface area contributed by atoms with Crippen LogP contribution < -0.4 is 0 Å². The van der Waals surface area contributed by atoms with Crippen LogP contribution in [0.4, 0.5) is 0 Å². The molecule has 0 unspecified atom stereocenters. The summed E-state index contributed by atoms with van der Waals surface area (Å²) in [5.74, 6) is 1.35. The maximum absolute atomic E-state index is 12.5. The number of carbonyl (C=O) groups excluding carboxylic acids is 1. The Morgan fingerprint density at radius 2 is 2.26 bits per heavy atom. The number of amides is 1. The second-order valence-electron chi connectivity index (χ2n) is 6.07. The molecule has 3 rings (SSSR count). The van der Waals surface area contributed by atoms with Crippen molar-refractivity contribution in [2.24, 2.45) is 0 Å². The molecule has 1 aliphatic rings. The van der Waals surface area contributed by atoms with E-state index < -0.39 is 0 Å². The molecule has 120 valence electrons. The molecule has 1 fully saturated rings. The Labute approximate surface area is 136 Å². The summed E-state index contributed by atoms with van der Waals surface area (Å²) in [6.45, 7) is 3.53. The molecule has 0 radical (unpaired) electrons. The number of hydrogen-bond acceptors (Lipinski definition) is 4. The van der Waals surface area contributed by atoms with Gasteiger partial charge in [0, 0.05) is 49.7 Å². The molecule has 0 saturated carbocycles. The van der Waals surface area contributed by atoms with Gasteiger partial charge in [-0.1, -0.05) is 6.07 Å². The summed E-state index contributed by atoms with van der Waals surface area (Å²) in [4.78, 5) is 27.3. The van der Waals surface area contributed by atoms with Gasteiger partial charge in [0.15, 0.2) is 0 Å². The van der Waals surface area contributed by atoms with Gasteiger partial charge in [-0.3, -0.25) is 9.78 Å². The Hall–Kier alpha value is -2.30. The normalized spacial score (nSPS) is 18.0. The van der Waals surface area contributed by atoms with Crippen LogP contribution in [0.1, 0.15) is 42.3 Å². The molecule has 5 heteroatoms. The van der Waals surface area contributed by atoms with Crippen molar-refractivity contribution in [3.8, 4) is 0 Å². The molecule has 23 heavy (non-hydrogen) atoms. The van der Waals surface area contributed by atoms with Crippen LogP contribution >= 0.6 is 0 Å². The third-order valence-electron chi connectivity index (χ3n) is 4.34. The highest BCUT2D eigenvalue weighted by Gasteiger charge is 2.25. The van der Waals surface area contributed by atoms with E-state index in [0.29, 0.717) is 12.3 Å². The fraction of sp³-hybridized carbons (Fsp3) is 0.444. The molecular formula is C18H22N4O. The van der Waals surface area contributed by atoms with Crippen molar-refractivity contribution in [2.45, 2.75) is 38.5 Å². The maximum atomic E-state index is 12.5. The Balaban J connectivity index is 1.58. The smallest absolute Gasteiger partial charge is 0.222 e. The highest BCUT2D eigenvalue weighted by Crippen LogP contribution is 2.25. The Bertz CT molecular complexity index is 659. The van der Waals surface area contributed by atoms with Gasteiger partial charge in [0.25, 0.3) is 0 Å². The van der Waals surface area contributed by atoms with Gasteiger partial charge in [-0.15, -0.1) is 0 Å². The van der Waals surface area contributed by atoms with Crippen molar-refractivity contribution in [1.29, 1.82) is 0 Å². The summed E-state index contributed by atoms with van der Waals surface area (Å²) in [7, 11) is 0. The number of nitrogens with zero attached hydrogens (tertiary/aromatic N) is 4. The topological polar surface area (TPSA) is 59.0 Å². The average Bonchev–Trinajstić information content (AvgIpc) is 2.61. The van der Waals surface area contributed by atoms with Gasteiger partial charge in [-0.25, -0.2) is 9.97 Å². The van der Waals surface area contributed by atoms with Gasteiger partial charge < -0.3 is 4.90 Å². The van der Waals surface area contributed by atoms with E-state index in [9.17, 15) is 4.79 Å². The summed E-state index contributed by atoms with van der Waals surface area (Å²) in [5, 5.41) is 0. The van der Waals surface area contributed by atoms with E-state index in [4.69, 9.17) is 0 Å². The zero-order valence-corrected chi connectivity index (χ0v) is 13.5. The first-order valence-corrected chi connectivity index (χ1v) is 8.18. The van der Waals surface area contributed by atoms with Crippen LogP contribution in [0, 0.1) is 6.92 Å². The van der Waals surface area contributed by atoms with Gasteiger partial charge in [-0.05, 0) is 43.9 Å². The van der Waals surface area contributed by atoms with E-state index in [1.54, 1.807) is 12.4 Å². The van der Waals surface area contributed by atoms with Crippen LogP contribution in [-0.2, 0) is 11.2 Å². The zero-order valence-electron chi connectivity index (χ0n) is 13.5. The number of rotatable bonds is 4. The largest absolute Gasteiger partial charge is 0.342 e. The zero-order chi connectivity index (χ0) is 16.1. The lowest BCUT2D eigenvalue weighted by molar-refractivity contribution is -0.132. The minimum absolute atomic E-state index is 0.226. The van der Waals surface area contributed by atoms with Crippen molar-refractivity contribution in [3.05, 3.63) is 53.9 Å². The summed E-state index contributed by atoms with van der Waals surface area (Å²) >= 11 is 0. The molecule has 0 spiro atoms. The summed E-state index contributed by atoms with van der Waals surface area (Å²) in [6, 6.07) is 5.90. The van der Waals surface area contributed by atoms with Crippen LogP contribution in [0.5, 0.6) is 0 Å². The van der Waals surface area contributed by atoms with Crippen molar-refractivity contribution in [1.82, 2.24) is 19.9 Å². The van der Waals surface area contributed by atoms with Gasteiger partial charge in [0.1, 0.15) is 5.82 Å². The van der Waals surface area contributed by atoms with Gasteiger partial charge in [-0.2, -0.15) is 0 Å². The number of aryl methyl sites for hydroxylation is 2. The average molecular weight is 310 g/mol. The second-order valence-corrected chi connectivity index (χ2v) is 6.07. The van der Waals surface area contributed by atoms with Crippen molar-refractivity contribution in [3.63, 3.8) is 0 Å². The molecule has 2 aromatic heterocycles. The first-order valence-electron chi connectivity index (χ1n) is 8.18. The highest BCUT2D eigenvalue weighted by molar-refractivity contribution is 5.76. The fourth-order valence-corrected chi connectivity index (χ4v) is 3.10. The first-order chi connectivity index (χ1) is 11.2. The molecular weight excluding hydrogens is 288 g/mol. The van der Waals surface area contributed by atoms with Crippen molar-refractivity contribution in [2.75, 3.05) is 13.1 Å². The summed E-state index contributed by atoms with van der Waals surface area (Å²) < 4.78 is 0. The lowest BCUT2D eigenvalue weighted by atomic mass is 9.94. The maximum Gasteiger partial charge on any atom is 0.222 e. The minimum Gasteiger partial charge on any atom is -0.342 e. The van der Waals surface area contributed by atoms with Crippen molar-refractivity contribution < 1.29 is 4.79 Å². The van der Waals surface area contributed by atoms with Gasteiger partial charge in [0.2, 0.25) is 5.91 Å². The van der Waals surface area contributed by atoms with E-state index >= 15 is 0 Å². The SMILES string of the molecule is Cc1nccc([C@@H]2CCCN(C(=O)CCc3cccnc3)C2)n1. The number of hydrogen-bond donors (Lipinski definition) is 0.